The molecule has 0 spiro atoms. The molecule has 1 aromatic heterocycles. The Morgan fingerprint density at radius 1 is 1.30 bits per heavy atom. The van der Waals surface area contributed by atoms with Crippen molar-refractivity contribution in [2.45, 2.75) is 13.5 Å². The average Bonchev–Trinajstić information content (AvgIpc) is 2.93. The van der Waals surface area contributed by atoms with Gasteiger partial charge in [-0.05, 0) is 36.8 Å². The van der Waals surface area contributed by atoms with Crippen molar-refractivity contribution in [3.05, 3.63) is 45.6 Å². The molecular weight excluding hydrogens is 276 g/mol. The number of ether oxygens (including phenoxy) is 2. The van der Waals surface area contributed by atoms with Crippen LogP contribution in [0, 0.1) is 6.92 Å². The van der Waals surface area contributed by atoms with E-state index in [1.165, 1.54) is 11.3 Å². The van der Waals surface area contributed by atoms with Crippen LogP contribution in [0.25, 0.3) is 0 Å². The van der Waals surface area contributed by atoms with Crippen LogP contribution < -0.4 is 20.7 Å². The van der Waals surface area contributed by atoms with Crippen LogP contribution in [-0.4, -0.2) is 13.0 Å². The molecule has 1 amide bonds. The maximum Gasteiger partial charge on any atom is 0.275 e. The van der Waals surface area contributed by atoms with Crippen molar-refractivity contribution in [2.75, 3.05) is 7.11 Å². The zero-order valence-corrected chi connectivity index (χ0v) is 12.1. The third kappa shape index (κ3) is 3.28. The molecule has 0 aliphatic heterocycles. The molecule has 6 heteroatoms. The molecule has 0 unspecified atom stereocenters. The van der Waals surface area contributed by atoms with Crippen LogP contribution in [0.2, 0.25) is 0 Å². The van der Waals surface area contributed by atoms with Gasteiger partial charge in [0, 0.05) is 4.88 Å². The van der Waals surface area contributed by atoms with Gasteiger partial charge in [0.25, 0.3) is 5.91 Å². The Morgan fingerprint density at radius 3 is 2.80 bits per heavy atom. The van der Waals surface area contributed by atoms with Crippen molar-refractivity contribution in [1.82, 2.24) is 5.43 Å². The molecule has 106 valence electrons. The van der Waals surface area contributed by atoms with E-state index in [-0.39, 0.29) is 5.91 Å². The molecule has 1 aromatic carbocycles. The summed E-state index contributed by atoms with van der Waals surface area (Å²) in [6.45, 7) is 2.37. The standard InChI is InChI=1S/C14H16N2O3S/c1-9-3-5-11(12(7-9)18-2)19-8-10-4-6-13(20-10)14(17)16-15/h3-7H,8,15H2,1-2H3,(H,16,17). The highest BCUT2D eigenvalue weighted by Crippen LogP contribution is 2.29. The Bertz CT molecular complexity index is 610. The number of nitrogens with one attached hydrogen (secondary N) is 1. The summed E-state index contributed by atoms with van der Waals surface area (Å²) < 4.78 is 11.0. The van der Waals surface area contributed by atoms with Gasteiger partial charge in [0.1, 0.15) is 6.61 Å². The predicted octanol–water partition coefficient (Wildman–Crippen LogP) is 2.25. The number of carbonyl (C=O) groups is 1. The van der Waals surface area contributed by atoms with Crippen LogP contribution in [0.4, 0.5) is 0 Å². The number of aryl methyl sites for hydroxylation is 1. The molecule has 3 N–H and O–H groups in total. The maximum atomic E-state index is 11.4. The summed E-state index contributed by atoms with van der Waals surface area (Å²) in [7, 11) is 1.61. The van der Waals surface area contributed by atoms with Gasteiger partial charge in [-0.25, -0.2) is 5.84 Å². The van der Waals surface area contributed by atoms with E-state index in [2.05, 4.69) is 5.43 Å². The second-order valence-electron chi connectivity index (χ2n) is 4.18. The minimum Gasteiger partial charge on any atom is -0.493 e. The van der Waals surface area contributed by atoms with Gasteiger partial charge in [0.2, 0.25) is 0 Å². The lowest BCUT2D eigenvalue weighted by atomic mass is 10.2. The number of hydrogen-bond acceptors (Lipinski definition) is 5. The van der Waals surface area contributed by atoms with Gasteiger partial charge >= 0.3 is 0 Å². The topological polar surface area (TPSA) is 73.6 Å². The highest BCUT2D eigenvalue weighted by molar-refractivity contribution is 7.14. The minimum atomic E-state index is -0.297. The Kier molecular flexibility index (Phi) is 4.60. The Hall–Kier alpha value is -2.05. The third-order valence-electron chi connectivity index (χ3n) is 2.71. The molecular formula is C14H16N2O3S. The first-order chi connectivity index (χ1) is 9.63. The molecule has 5 nitrogen and oxygen atoms in total. The first-order valence-corrected chi connectivity index (χ1v) is 6.82. The molecule has 2 rings (SSSR count). The van der Waals surface area contributed by atoms with Gasteiger partial charge in [0.05, 0.1) is 12.0 Å². The lowest BCUT2D eigenvalue weighted by Crippen LogP contribution is -2.29. The summed E-state index contributed by atoms with van der Waals surface area (Å²) in [5, 5.41) is 0. The normalized spacial score (nSPS) is 10.2. The fourth-order valence-electron chi connectivity index (χ4n) is 1.69. The number of thiophene rings is 1. The monoisotopic (exact) mass is 292 g/mol. The fraction of sp³-hybridized carbons (Fsp3) is 0.214. The zero-order valence-electron chi connectivity index (χ0n) is 11.3. The number of nitrogen functional groups attached to an aromatic ring is 1. The number of carbonyl (C=O) groups excluding carboxylic acids is 1. The Balaban J connectivity index is 2.05. The number of hydrazine groups is 1. The van der Waals surface area contributed by atoms with Crippen molar-refractivity contribution in [1.29, 1.82) is 0 Å². The molecule has 0 fully saturated rings. The lowest BCUT2D eigenvalue weighted by molar-refractivity contribution is 0.0957. The van der Waals surface area contributed by atoms with E-state index >= 15 is 0 Å². The van der Waals surface area contributed by atoms with Crippen molar-refractivity contribution in [3.8, 4) is 11.5 Å². The van der Waals surface area contributed by atoms with E-state index in [9.17, 15) is 4.79 Å². The Morgan fingerprint density at radius 2 is 2.10 bits per heavy atom. The molecule has 0 saturated heterocycles. The lowest BCUT2D eigenvalue weighted by Gasteiger charge is -2.10. The van der Waals surface area contributed by atoms with Crippen LogP contribution in [0.5, 0.6) is 11.5 Å². The van der Waals surface area contributed by atoms with E-state index in [1.807, 2.05) is 31.2 Å². The van der Waals surface area contributed by atoms with E-state index in [0.717, 1.165) is 10.4 Å². The van der Waals surface area contributed by atoms with E-state index in [1.54, 1.807) is 13.2 Å². The fourth-order valence-corrected chi connectivity index (χ4v) is 2.52. The van der Waals surface area contributed by atoms with Gasteiger partial charge in [-0.3, -0.25) is 10.2 Å². The first-order valence-electron chi connectivity index (χ1n) is 6.01. The van der Waals surface area contributed by atoms with Crippen LogP contribution in [0.15, 0.2) is 30.3 Å². The number of hydrogen-bond donors (Lipinski definition) is 2. The quantitative estimate of drug-likeness (QED) is 0.503. The van der Waals surface area contributed by atoms with Gasteiger partial charge in [-0.15, -0.1) is 11.3 Å². The number of rotatable bonds is 5. The average molecular weight is 292 g/mol. The van der Waals surface area contributed by atoms with Crippen LogP contribution in [0.1, 0.15) is 20.1 Å². The summed E-state index contributed by atoms with van der Waals surface area (Å²) in [4.78, 5) is 12.8. The van der Waals surface area contributed by atoms with E-state index in [4.69, 9.17) is 15.3 Å². The highest BCUT2D eigenvalue weighted by atomic mass is 32.1. The zero-order chi connectivity index (χ0) is 14.5. The van der Waals surface area contributed by atoms with Gasteiger partial charge in [0.15, 0.2) is 11.5 Å². The number of amides is 1. The van der Waals surface area contributed by atoms with Gasteiger partial charge in [-0.1, -0.05) is 6.07 Å². The number of nitrogens with two attached hydrogens (primary N) is 1. The molecule has 0 atom stereocenters. The summed E-state index contributed by atoms with van der Waals surface area (Å²) in [5.74, 6) is 6.17. The Labute approximate surface area is 121 Å². The molecule has 0 saturated carbocycles. The van der Waals surface area contributed by atoms with E-state index in [0.29, 0.717) is 23.0 Å². The second kappa shape index (κ2) is 6.40. The van der Waals surface area contributed by atoms with Crippen LogP contribution in [0.3, 0.4) is 0 Å². The summed E-state index contributed by atoms with van der Waals surface area (Å²) in [6.07, 6.45) is 0. The highest BCUT2D eigenvalue weighted by Gasteiger charge is 2.09. The van der Waals surface area contributed by atoms with Crippen molar-refractivity contribution in [3.63, 3.8) is 0 Å². The third-order valence-corrected chi connectivity index (χ3v) is 3.76. The first kappa shape index (κ1) is 14.4. The molecule has 0 radical (unpaired) electrons. The molecule has 0 bridgehead atoms. The number of methoxy groups -OCH3 is 1. The summed E-state index contributed by atoms with van der Waals surface area (Å²) >= 11 is 1.34. The molecule has 0 aliphatic carbocycles. The predicted molar refractivity (Wildman–Crippen MR) is 78.0 cm³/mol. The van der Waals surface area contributed by atoms with Crippen molar-refractivity contribution in [2.24, 2.45) is 5.84 Å². The van der Waals surface area contributed by atoms with Crippen LogP contribution >= 0.6 is 11.3 Å². The molecule has 1 heterocycles. The smallest absolute Gasteiger partial charge is 0.275 e. The van der Waals surface area contributed by atoms with Crippen LogP contribution in [-0.2, 0) is 6.61 Å². The molecule has 0 aliphatic rings. The van der Waals surface area contributed by atoms with Crippen molar-refractivity contribution < 1.29 is 14.3 Å². The molecule has 20 heavy (non-hydrogen) atoms. The maximum absolute atomic E-state index is 11.4. The minimum absolute atomic E-state index is 0.297. The summed E-state index contributed by atoms with van der Waals surface area (Å²) in [6, 6.07) is 9.31. The largest absolute Gasteiger partial charge is 0.493 e. The molecule has 2 aromatic rings. The summed E-state index contributed by atoms with van der Waals surface area (Å²) in [5.41, 5.74) is 3.21. The SMILES string of the molecule is COc1cc(C)ccc1OCc1ccc(C(=O)NN)s1. The van der Waals surface area contributed by atoms with Gasteiger partial charge in [-0.2, -0.15) is 0 Å². The van der Waals surface area contributed by atoms with Gasteiger partial charge < -0.3 is 9.47 Å². The number of benzene rings is 1. The second-order valence-corrected chi connectivity index (χ2v) is 5.35. The van der Waals surface area contributed by atoms with E-state index < -0.39 is 0 Å². The van der Waals surface area contributed by atoms with Crippen molar-refractivity contribution >= 4 is 17.2 Å².